The van der Waals surface area contributed by atoms with E-state index in [0.717, 1.165) is 18.5 Å². The van der Waals surface area contributed by atoms with Crippen molar-refractivity contribution in [3.05, 3.63) is 52.7 Å². The van der Waals surface area contributed by atoms with Gasteiger partial charge in [-0.05, 0) is 30.5 Å². The van der Waals surface area contributed by atoms with Crippen molar-refractivity contribution >= 4 is 29.0 Å². The second kappa shape index (κ2) is 5.74. The molecule has 0 atom stereocenters. The number of hydrogen-bond donors (Lipinski definition) is 1. The minimum absolute atomic E-state index is 0.0777. The van der Waals surface area contributed by atoms with E-state index in [1.54, 1.807) is 18.0 Å². The average Bonchev–Trinajstić information content (AvgIpc) is 2.54. The molecule has 108 valence electrons. The molecule has 0 spiro atoms. The number of hydrogen-bond acceptors (Lipinski definition) is 3. The first-order valence-electron chi connectivity index (χ1n) is 6.94. The van der Waals surface area contributed by atoms with Crippen LogP contribution in [0.3, 0.4) is 0 Å². The van der Waals surface area contributed by atoms with Gasteiger partial charge in [-0.25, -0.2) is 4.98 Å². The molecule has 1 aliphatic rings. The largest absolute Gasteiger partial charge is 0.373 e. The van der Waals surface area contributed by atoms with Crippen molar-refractivity contribution in [2.45, 2.75) is 12.8 Å². The number of carbonyl (C=O) groups excluding carboxylic acids is 1. The molecule has 0 fully saturated rings. The standard InChI is InChI=1S/C16H16ClN3O/c1-18-15-9-12(13(17)10-19-15)16(21)20-8-4-6-11-5-2-3-7-14(11)20/h2-3,5,7,9-10H,4,6,8H2,1H3,(H,18,19). The van der Waals surface area contributed by atoms with E-state index in [1.165, 1.54) is 11.8 Å². The molecule has 0 saturated heterocycles. The molecular formula is C16H16ClN3O. The monoisotopic (exact) mass is 301 g/mol. The van der Waals surface area contributed by atoms with E-state index in [-0.39, 0.29) is 5.91 Å². The van der Waals surface area contributed by atoms with Crippen LogP contribution >= 0.6 is 11.6 Å². The van der Waals surface area contributed by atoms with Gasteiger partial charge in [-0.1, -0.05) is 29.8 Å². The quantitative estimate of drug-likeness (QED) is 0.925. The van der Waals surface area contributed by atoms with Crippen molar-refractivity contribution in [2.24, 2.45) is 0 Å². The fraction of sp³-hybridized carbons (Fsp3) is 0.250. The smallest absolute Gasteiger partial charge is 0.259 e. The molecule has 5 heteroatoms. The number of nitrogens with one attached hydrogen (secondary N) is 1. The Morgan fingerprint density at radius 2 is 2.19 bits per heavy atom. The summed E-state index contributed by atoms with van der Waals surface area (Å²) in [6.45, 7) is 0.712. The normalized spacial score (nSPS) is 13.7. The first kappa shape index (κ1) is 13.9. The van der Waals surface area contributed by atoms with Gasteiger partial charge >= 0.3 is 0 Å². The van der Waals surface area contributed by atoms with Crippen LogP contribution in [-0.2, 0) is 6.42 Å². The lowest BCUT2D eigenvalue weighted by Crippen LogP contribution is -2.35. The van der Waals surface area contributed by atoms with Crippen molar-refractivity contribution < 1.29 is 4.79 Å². The van der Waals surface area contributed by atoms with Gasteiger partial charge in [0.05, 0.1) is 10.6 Å². The molecule has 2 aromatic rings. The molecule has 0 saturated carbocycles. The van der Waals surface area contributed by atoms with E-state index >= 15 is 0 Å². The number of nitrogens with zero attached hydrogens (tertiary/aromatic N) is 2. The van der Waals surface area contributed by atoms with E-state index in [0.29, 0.717) is 22.9 Å². The molecule has 1 aromatic heterocycles. The molecule has 1 amide bonds. The first-order valence-corrected chi connectivity index (χ1v) is 7.31. The topological polar surface area (TPSA) is 45.2 Å². The Labute approximate surface area is 128 Å². The number of para-hydroxylation sites is 1. The zero-order valence-corrected chi connectivity index (χ0v) is 12.5. The second-order valence-corrected chi connectivity index (χ2v) is 5.40. The van der Waals surface area contributed by atoms with Crippen LogP contribution in [0.2, 0.25) is 5.02 Å². The predicted molar refractivity (Wildman–Crippen MR) is 85.2 cm³/mol. The fourth-order valence-electron chi connectivity index (χ4n) is 2.63. The summed E-state index contributed by atoms with van der Waals surface area (Å²) in [5.41, 5.74) is 2.66. The number of fused-ring (bicyclic) bond motifs is 1. The van der Waals surface area contributed by atoms with Crippen LogP contribution in [0, 0.1) is 0 Å². The molecule has 4 nitrogen and oxygen atoms in total. The van der Waals surface area contributed by atoms with E-state index in [2.05, 4.69) is 16.4 Å². The first-order chi connectivity index (χ1) is 10.2. The number of halogens is 1. The Bertz CT molecular complexity index is 687. The van der Waals surface area contributed by atoms with Crippen LogP contribution < -0.4 is 10.2 Å². The minimum Gasteiger partial charge on any atom is -0.373 e. The number of pyridine rings is 1. The van der Waals surface area contributed by atoms with Crippen LogP contribution in [0.1, 0.15) is 22.3 Å². The molecule has 0 aliphatic carbocycles. The van der Waals surface area contributed by atoms with Crippen LogP contribution in [0.5, 0.6) is 0 Å². The van der Waals surface area contributed by atoms with Crippen molar-refractivity contribution in [1.82, 2.24) is 4.98 Å². The van der Waals surface area contributed by atoms with Gasteiger partial charge in [0.25, 0.3) is 5.91 Å². The number of anilines is 2. The Balaban J connectivity index is 2.00. The zero-order chi connectivity index (χ0) is 14.8. The van der Waals surface area contributed by atoms with Gasteiger partial charge in [0.15, 0.2) is 0 Å². The number of benzene rings is 1. The molecule has 3 rings (SSSR count). The van der Waals surface area contributed by atoms with Gasteiger partial charge in [0, 0.05) is 25.5 Å². The SMILES string of the molecule is CNc1cc(C(=O)N2CCCc3ccccc32)c(Cl)cn1. The summed E-state index contributed by atoms with van der Waals surface area (Å²) in [7, 11) is 1.76. The number of carbonyl (C=O) groups is 1. The molecular weight excluding hydrogens is 286 g/mol. The van der Waals surface area contributed by atoms with Gasteiger partial charge < -0.3 is 10.2 Å². The van der Waals surface area contributed by atoms with E-state index in [4.69, 9.17) is 11.6 Å². The summed E-state index contributed by atoms with van der Waals surface area (Å²) in [5, 5.41) is 3.31. The van der Waals surface area contributed by atoms with Gasteiger partial charge in [0.1, 0.15) is 5.82 Å². The van der Waals surface area contributed by atoms with Gasteiger partial charge in [0.2, 0.25) is 0 Å². The van der Waals surface area contributed by atoms with E-state index < -0.39 is 0 Å². The van der Waals surface area contributed by atoms with Crippen molar-refractivity contribution in [2.75, 3.05) is 23.8 Å². The van der Waals surface area contributed by atoms with Gasteiger partial charge in [-0.2, -0.15) is 0 Å². The predicted octanol–water partition coefficient (Wildman–Crippen LogP) is 3.37. The molecule has 0 unspecified atom stereocenters. The summed E-state index contributed by atoms with van der Waals surface area (Å²) < 4.78 is 0. The van der Waals surface area contributed by atoms with Crippen molar-refractivity contribution in [3.63, 3.8) is 0 Å². The van der Waals surface area contributed by atoms with Gasteiger partial charge in [-0.15, -0.1) is 0 Å². The molecule has 1 aliphatic heterocycles. The second-order valence-electron chi connectivity index (χ2n) is 4.99. The lowest BCUT2D eigenvalue weighted by atomic mass is 10.0. The van der Waals surface area contributed by atoms with Gasteiger partial charge in [-0.3, -0.25) is 4.79 Å². The summed E-state index contributed by atoms with van der Waals surface area (Å²) in [6, 6.07) is 9.72. The molecule has 21 heavy (non-hydrogen) atoms. The summed E-state index contributed by atoms with van der Waals surface area (Å²) in [4.78, 5) is 18.8. The highest BCUT2D eigenvalue weighted by molar-refractivity contribution is 6.34. The van der Waals surface area contributed by atoms with Crippen LogP contribution in [0.4, 0.5) is 11.5 Å². The van der Waals surface area contributed by atoms with Crippen molar-refractivity contribution in [1.29, 1.82) is 0 Å². The Morgan fingerprint density at radius 1 is 1.38 bits per heavy atom. The summed E-state index contributed by atoms with van der Waals surface area (Å²) >= 11 is 6.16. The lowest BCUT2D eigenvalue weighted by Gasteiger charge is -2.29. The van der Waals surface area contributed by atoms with Crippen LogP contribution in [0.25, 0.3) is 0 Å². The molecule has 0 radical (unpaired) electrons. The van der Waals surface area contributed by atoms with Crippen LogP contribution in [-0.4, -0.2) is 24.5 Å². The number of rotatable bonds is 2. The number of aromatic nitrogens is 1. The van der Waals surface area contributed by atoms with E-state index in [9.17, 15) is 4.79 Å². The highest BCUT2D eigenvalue weighted by Gasteiger charge is 2.25. The fourth-order valence-corrected chi connectivity index (χ4v) is 2.81. The lowest BCUT2D eigenvalue weighted by molar-refractivity contribution is 0.0985. The molecule has 2 heterocycles. The third-order valence-electron chi connectivity index (χ3n) is 3.70. The average molecular weight is 302 g/mol. The van der Waals surface area contributed by atoms with Crippen molar-refractivity contribution in [3.8, 4) is 0 Å². The molecule has 0 bridgehead atoms. The Morgan fingerprint density at radius 3 is 3.00 bits per heavy atom. The summed E-state index contributed by atoms with van der Waals surface area (Å²) in [5.74, 6) is 0.555. The highest BCUT2D eigenvalue weighted by Crippen LogP contribution is 2.29. The van der Waals surface area contributed by atoms with Crippen LogP contribution in [0.15, 0.2) is 36.5 Å². The molecule has 1 aromatic carbocycles. The number of amides is 1. The third kappa shape index (κ3) is 2.59. The summed E-state index contributed by atoms with van der Waals surface area (Å²) in [6.07, 6.45) is 3.48. The minimum atomic E-state index is -0.0777. The Hall–Kier alpha value is -2.07. The maximum atomic E-state index is 12.8. The Kier molecular flexibility index (Phi) is 3.80. The maximum absolute atomic E-state index is 12.8. The third-order valence-corrected chi connectivity index (χ3v) is 4.00. The highest BCUT2D eigenvalue weighted by atomic mass is 35.5. The zero-order valence-electron chi connectivity index (χ0n) is 11.8. The maximum Gasteiger partial charge on any atom is 0.259 e. The number of aryl methyl sites for hydroxylation is 1. The van der Waals surface area contributed by atoms with E-state index in [1.807, 2.05) is 18.2 Å². The molecule has 1 N–H and O–H groups in total.